The maximum atomic E-state index is 5.20. The second-order valence-electron chi connectivity index (χ2n) is 3.19. The van der Waals surface area contributed by atoms with Crippen LogP contribution in [-0.4, -0.2) is 10.1 Å². The molecule has 0 aliphatic rings. The summed E-state index contributed by atoms with van der Waals surface area (Å²) in [4.78, 5) is 5.57. The number of hydrogen-bond acceptors (Lipinski definition) is 4. The van der Waals surface area contributed by atoms with Crippen LogP contribution in [0.15, 0.2) is 22.0 Å². The number of nitrogens with zero attached hydrogens (tertiary/aromatic N) is 2. The monoisotopic (exact) mass is 286 g/mol. The average molecular weight is 287 g/mol. The Labute approximate surface area is 101 Å². The maximum Gasteiger partial charge on any atom is 0.240 e. The van der Waals surface area contributed by atoms with Crippen LogP contribution < -0.4 is 0 Å². The highest BCUT2D eigenvalue weighted by molar-refractivity contribution is 9.09. The van der Waals surface area contributed by atoms with E-state index in [2.05, 4.69) is 33.0 Å². The van der Waals surface area contributed by atoms with Gasteiger partial charge in [-0.2, -0.15) is 4.98 Å². The molecule has 80 valence electrons. The third-order valence-electron chi connectivity index (χ3n) is 1.99. The zero-order chi connectivity index (χ0) is 10.7. The van der Waals surface area contributed by atoms with Crippen molar-refractivity contribution in [3.05, 3.63) is 23.4 Å². The zero-order valence-electron chi connectivity index (χ0n) is 8.31. The van der Waals surface area contributed by atoms with Crippen LogP contribution in [0.25, 0.3) is 10.7 Å². The lowest BCUT2D eigenvalue weighted by molar-refractivity contribution is 0.374. The third-order valence-corrected chi connectivity index (χ3v) is 3.71. The summed E-state index contributed by atoms with van der Waals surface area (Å²) in [6.45, 7) is 2.13. The molecule has 0 aromatic carbocycles. The molecule has 2 heterocycles. The van der Waals surface area contributed by atoms with Crippen LogP contribution in [0.3, 0.4) is 0 Å². The van der Waals surface area contributed by atoms with Crippen LogP contribution in [0.2, 0.25) is 0 Å². The normalized spacial score (nSPS) is 12.9. The lowest BCUT2D eigenvalue weighted by Crippen LogP contribution is -1.88. The van der Waals surface area contributed by atoms with Gasteiger partial charge in [0.1, 0.15) is 0 Å². The third kappa shape index (κ3) is 2.46. The summed E-state index contributed by atoms with van der Waals surface area (Å²) in [5, 5.41) is 5.96. The van der Waals surface area contributed by atoms with Crippen LogP contribution in [0.5, 0.6) is 0 Å². The SMILES string of the molecule is CCCC(Br)c1nc(-c2cccs2)no1. The Kier molecular flexibility index (Phi) is 3.53. The number of halogens is 1. The van der Waals surface area contributed by atoms with Gasteiger partial charge in [-0.15, -0.1) is 11.3 Å². The first kappa shape index (κ1) is 10.8. The van der Waals surface area contributed by atoms with Gasteiger partial charge in [-0.3, -0.25) is 0 Å². The van der Waals surface area contributed by atoms with Crippen molar-refractivity contribution in [3.63, 3.8) is 0 Å². The van der Waals surface area contributed by atoms with E-state index in [1.807, 2.05) is 17.5 Å². The molecular weight excluding hydrogens is 276 g/mol. The summed E-state index contributed by atoms with van der Waals surface area (Å²) in [5.41, 5.74) is 0. The molecule has 3 nitrogen and oxygen atoms in total. The van der Waals surface area contributed by atoms with Crippen molar-refractivity contribution >= 4 is 27.3 Å². The lowest BCUT2D eigenvalue weighted by Gasteiger charge is -1.99. The number of aromatic nitrogens is 2. The molecule has 5 heteroatoms. The molecule has 0 fully saturated rings. The van der Waals surface area contributed by atoms with Gasteiger partial charge in [0.05, 0.1) is 9.70 Å². The van der Waals surface area contributed by atoms with Gasteiger partial charge in [-0.05, 0) is 17.9 Å². The largest absolute Gasteiger partial charge is 0.338 e. The minimum Gasteiger partial charge on any atom is -0.338 e. The van der Waals surface area contributed by atoms with Crippen molar-refractivity contribution in [3.8, 4) is 10.7 Å². The summed E-state index contributed by atoms with van der Waals surface area (Å²) in [6, 6.07) is 3.97. The first-order valence-electron chi connectivity index (χ1n) is 4.82. The van der Waals surface area contributed by atoms with E-state index in [1.54, 1.807) is 11.3 Å². The van der Waals surface area contributed by atoms with E-state index < -0.39 is 0 Å². The minimum atomic E-state index is 0.170. The quantitative estimate of drug-likeness (QED) is 0.797. The predicted octanol–water partition coefficient (Wildman–Crippen LogP) is 4.03. The molecule has 2 aromatic heterocycles. The Hall–Kier alpha value is -0.680. The molecule has 0 bridgehead atoms. The molecule has 1 unspecified atom stereocenters. The highest BCUT2D eigenvalue weighted by atomic mass is 79.9. The van der Waals surface area contributed by atoms with Crippen LogP contribution in [0.4, 0.5) is 0 Å². The highest BCUT2D eigenvalue weighted by Crippen LogP contribution is 2.29. The van der Waals surface area contributed by atoms with E-state index in [4.69, 9.17) is 4.52 Å². The zero-order valence-corrected chi connectivity index (χ0v) is 10.7. The van der Waals surface area contributed by atoms with E-state index in [9.17, 15) is 0 Å². The van der Waals surface area contributed by atoms with Gasteiger partial charge < -0.3 is 4.52 Å². The Morgan fingerprint density at radius 2 is 2.47 bits per heavy atom. The molecule has 0 saturated heterocycles. The van der Waals surface area contributed by atoms with E-state index in [0.717, 1.165) is 17.7 Å². The molecule has 0 spiro atoms. The molecule has 15 heavy (non-hydrogen) atoms. The van der Waals surface area contributed by atoms with Gasteiger partial charge >= 0.3 is 0 Å². The van der Waals surface area contributed by atoms with Gasteiger partial charge in [0.25, 0.3) is 0 Å². The predicted molar refractivity (Wildman–Crippen MR) is 64.2 cm³/mol. The molecule has 2 rings (SSSR count). The number of alkyl halides is 1. The fraction of sp³-hybridized carbons (Fsp3) is 0.400. The highest BCUT2D eigenvalue weighted by Gasteiger charge is 2.15. The molecular formula is C10H11BrN2OS. The molecule has 1 atom stereocenters. The Bertz CT molecular complexity index is 413. The first-order valence-corrected chi connectivity index (χ1v) is 6.62. The van der Waals surface area contributed by atoms with Crippen LogP contribution in [0.1, 0.15) is 30.5 Å². The second kappa shape index (κ2) is 4.90. The van der Waals surface area contributed by atoms with E-state index in [-0.39, 0.29) is 4.83 Å². The summed E-state index contributed by atoms with van der Waals surface area (Å²) in [5.74, 6) is 1.35. The van der Waals surface area contributed by atoms with E-state index >= 15 is 0 Å². The van der Waals surface area contributed by atoms with Gasteiger partial charge in [0.15, 0.2) is 0 Å². The summed E-state index contributed by atoms with van der Waals surface area (Å²) >= 11 is 5.14. The summed E-state index contributed by atoms with van der Waals surface area (Å²) in [6.07, 6.45) is 2.10. The van der Waals surface area contributed by atoms with Gasteiger partial charge in [-0.1, -0.05) is 40.5 Å². The van der Waals surface area contributed by atoms with Crippen molar-refractivity contribution in [2.24, 2.45) is 0 Å². The van der Waals surface area contributed by atoms with Crippen molar-refractivity contribution in [1.29, 1.82) is 0 Å². The van der Waals surface area contributed by atoms with Crippen LogP contribution in [-0.2, 0) is 0 Å². The van der Waals surface area contributed by atoms with E-state index in [1.165, 1.54) is 0 Å². The molecule has 2 aromatic rings. The summed E-state index contributed by atoms with van der Waals surface area (Å²) in [7, 11) is 0. The van der Waals surface area contributed by atoms with Gasteiger partial charge in [0, 0.05) is 0 Å². The number of hydrogen-bond donors (Lipinski definition) is 0. The first-order chi connectivity index (χ1) is 7.31. The Morgan fingerprint density at radius 3 is 3.13 bits per heavy atom. The molecule has 0 radical (unpaired) electrons. The number of thiophene rings is 1. The second-order valence-corrected chi connectivity index (χ2v) is 5.24. The minimum absolute atomic E-state index is 0.170. The average Bonchev–Trinajstić information content (AvgIpc) is 2.89. The van der Waals surface area contributed by atoms with Crippen molar-refractivity contribution in [1.82, 2.24) is 10.1 Å². The Morgan fingerprint density at radius 1 is 1.60 bits per heavy atom. The molecule has 0 saturated carbocycles. The fourth-order valence-corrected chi connectivity index (χ4v) is 2.54. The summed E-state index contributed by atoms with van der Waals surface area (Å²) < 4.78 is 5.20. The topological polar surface area (TPSA) is 38.9 Å². The molecule has 0 aliphatic heterocycles. The standard InChI is InChI=1S/C10H11BrN2OS/c1-2-4-7(11)10-12-9(13-14-10)8-5-3-6-15-8/h3,5-7H,2,4H2,1H3. The maximum absolute atomic E-state index is 5.20. The Balaban J connectivity index is 2.17. The van der Waals surface area contributed by atoms with Crippen molar-refractivity contribution < 1.29 is 4.52 Å². The molecule has 0 aliphatic carbocycles. The fourth-order valence-electron chi connectivity index (χ4n) is 1.25. The van der Waals surface area contributed by atoms with Crippen LogP contribution >= 0.6 is 27.3 Å². The van der Waals surface area contributed by atoms with Crippen molar-refractivity contribution in [2.75, 3.05) is 0 Å². The molecule has 0 amide bonds. The van der Waals surface area contributed by atoms with Gasteiger partial charge in [-0.25, -0.2) is 0 Å². The van der Waals surface area contributed by atoms with Crippen LogP contribution in [0, 0.1) is 0 Å². The lowest BCUT2D eigenvalue weighted by atomic mass is 10.2. The van der Waals surface area contributed by atoms with Gasteiger partial charge in [0.2, 0.25) is 11.7 Å². The number of rotatable bonds is 4. The van der Waals surface area contributed by atoms with E-state index in [0.29, 0.717) is 11.7 Å². The molecule has 0 N–H and O–H groups in total. The smallest absolute Gasteiger partial charge is 0.240 e. The van der Waals surface area contributed by atoms with Crippen molar-refractivity contribution in [2.45, 2.75) is 24.6 Å².